The number of carboxylic acids is 2. The molecule has 0 bridgehead atoms. The van der Waals surface area contributed by atoms with Crippen LogP contribution >= 0.6 is 82.8 Å². The topological polar surface area (TPSA) is 512 Å². The molecule has 0 amide bonds. The Morgan fingerprint density at radius 1 is 0.313 bits per heavy atom. The van der Waals surface area contributed by atoms with Gasteiger partial charge >= 0.3 is 143 Å². The fourth-order valence-electron chi connectivity index (χ4n) is 9.51. The first-order chi connectivity index (χ1) is 60.4. The van der Waals surface area contributed by atoms with Crippen LogP contribution in [-0.2, 0) is 33.4 Å². The van der Waals surface area contributed by atoms with Crippen LogP contribution in [-0.4, -0.2) is 136 Å². The first-order valence-corrected chi connectivity index (χ1v) is 45.9. The zero-order valence-electron chi connectivity index (χ0n) is 71.3. The molecule has 8 aromatic carbocycles. The molecule has 0 aromatic heterocycles. The summed E-state index contributed by atoms with van der Waals surface area (Å²) in [4.78, 5) is 205. The van der Waals surface area contributed by atoms with Gasteiger partial charge in [0.1, 0.15) is 68.6 Å². The maximum absolute atomic E-state index is 13.0. The van der Waals surface area contributed by atoms with Crippen LogP contribution < -0.4 is 28.4 Å². The number of fused-ring (bicyclic) bond motifs is 3. The van der Waals surface area contributed by atoms with Crippen LogP contribution in [0.2, 0.25) is 0 Å². The van der Waals surface area contributed by atoms with Crippen molar-refractivity contribution in [2.24, 2.45) is 0 Å². The van der Waals surface area contributed by atoms with Crippen molar-refractivity contribution in [2.45, 2.75) is 185 Å². The molecule has 0 atom stereocenters. The van der Waals surface area contributed by atoms with Gasteiger partial charge in [-0.2, -0.15) is 0 Å². The fraction of sp³-hybridized carbons (Fsp3) is 0.290. The molecular formula is C93H108Cl7O33P. The zero-order chi connectivity index (χ0) is 98.7. The number of benzene rings is 8. The largest absolute Gasteiger partial charge is 0.508 e. The third-order valence-corrected chi connectivity index (χ3v) is 15.6. The number of aromatic carboxylic acids is 2. The minimum Gasteiger partial charge on any atom is -0.508 e. The van der Waals surface area contributed by atoms with Crippen LogP contribution in [0.15, 0.2) is 146 Å². The van der Waals surface area contributed by atoms with Crippen LogP contribution in [0.4, 0.5) is 0 Å². The molecule has 3 aliphatic rings. The first-order valence-electron chi connectivity index (χ1n) is 38.4. The number of carbonyl (C=O) groups excluding carboxylic acids is 16. The third-order valence-electron chi connectivity index (χ3n) is 15.2. The Morgan fingerprint density at radius 3 is 0.918 bits per heavy atom. The summed E-state index contributed by atoms with van der Waals surface area (Å²) >= 11 is 35.4. The summed E-state index contributed by atoms with van der Waals surface area (Å²) in [6.07, 6.45) is 6.20. The Hall–Kier alpha value is -12.7. The van der Waals surface area contributed by atoms with Crippen LogP contribution in [0.25, 0.3) is 0 Å². The van der Waals surface area contributed by atoms with Gasteiger partial charge in [0.05, 0.1) is 61.2 Å². The summed E-state index contributed by atoms with van der Waals surface area (Å²) in [5.74, 6) is -12.5. The van der Waals surface area contributed by atoms with E-state index in [1.807, 2.05) is 55.4 Å². The van der Waals surface area contributed by atoms with Gasteiger partial charge in [0.15, 0.2) is 11.6 Å². The number of esters is 12. The predicted molar refractivity (Wildman–Crippen MR) is 509 cm³/mol. The van der Waals surface area contributed by atoms with Gasteiger partial charge in [0.2, 0.25) is 0 Å². The van der Waals surface area contributed by atoms with Crippen molar-refractivity contribution in [1.82, 2.24) is 0 Å². The monoisotopic (exact) mass is 2030 g/mol. The van der Waals surface area contributed by atoms with Crippen LogP contribution in [0.1, 0.15) is 330 Å². The van der Waals surface area contributed by atoms with Gasteiger partial charge in [-0.05, 0) is 182 Å². The summed E-state index contributed by atoms with van der Waals surface area (Å²) in [7, 11) is 0. The van der Waals surface area contributed by atoms with E-state index >= 15 is 0 Å². The van der Waals surface area contributed by atoms with Crippen LogP contribution in [0.5, 0.6) is 57.5 Å². The van der Waals surface area contributed by atoms with Crippen molar-refractivity contribution in [1.29, 1.82) is 0 Å². The number of carbonyl (C=O) groups is 18. The number of Topliss-reactive ketones (excluding diaryl/α,β-unsaturated/α-hetero) is 2. The van der Waals surface area contributed by atoms with E-state index in [4.69, 9.17) is 133 Å². The molecule has 8 aromatic rings. The summed E-state index contributed by atoms with van der Waals surface area (Å²) in [5, 5.41) is 52.1. The van der Waals surface area contributed by atoms with E-state index < -0.39 is 97.4 Å². The number of hydrogen-bond acceptors (Lipinski definition) is 31. The minimum absolute atomic E-state index is 0. The first kappa shape index (κ1) is 130. The molecule has 0 saturated heterocycles. The number of rotatable bonds is 21. The van der Waals surface area contributed by atoms with E-state index in [-0.39, 0.29) is 191 Å². The molecule has 33 nitrogen and oxygen atoms in total. The van der Waals surface area contributed by atoms with Gasteiger partial charge in [0.25, 0.3) is 10.5 Å². The molecule has 0 saturated carbocycles. The Morgan fingerprint density at radius 2 is 0.597 bits per heavy atom. The maximum atomic E-state index is 13.0. The van der Waals surface area contributed by atoms with Crippen LogP contribution in [0.3, 0.4) is 0 Å². The molecule has 0 aliphatic carbocycles. The minimum atomic E-state index is -3.69. The van der Waals surface area contributed by atoms with E-state index in [2.05, 4.69) is 28.1 Å². The fourth-order valence-corrected chi connectivity index (χ4v) is 9.77. The van der Waals surface area contributed by atoms with E-state index in [0.29, 0.717) is 12.8 Å². The van der Waals surface area contributed by atoms with Crippen molar-refractivity contribution >= 4 is 188 Å². The SMILES string of the molecule is C.C.C.C.C.CC.CC.CC.CC(=O)Oc1ccc(OC(C)=O)c(C(=O)Cl)c1.CC(=O)Oc1ccc(OC(C)=O)c(C(=O)O)c1.CCCC.CCCCC(=O)c1cc(O)ccc1O.CCCCC(=O)c1cc(OC(=O)c2ccc3c(c2)C(=O)OC3=O)ccc1OC(=O)c1ccc2c(c1)C(=O)OC2=O.ClP(Cl)(Cl)(Cl)Cl.O=C(Cl)c1ccc2c(c1)C(=O)OC2=O.O=C(O)c1cc(O)ccc1O. The molecule has 732 valence electrons. The number of halogens is 7. The summed E-state index contributed by atoms with van der Waals surface area (Å²) in [5.41, 5.74) is -0.177. The summed E-state index contributed by atoms with van der Waals surface area (Å²) in [6, 6.07) is 30.2. The number of ketones is 2. The zero-order valence-corrected chi connectivity index (χ0v) is 77.5. The summed E-state index contributed by atoms with van der Waals surface area (Å²) in [6.45, 7) is 25.0. The van der Waals surface area contributed by atoms with E-state index in [1.165, 1.54) is 161 Å². The van der Waals surface area contributed by atoms with E-state index in [9.17, 15) is 91.4 Å². The number of cyclic esters (lactones) is 6. The van der Waals surface area contributed by atoms with Crippen molar-refractivity contribution in [3.63, 3.8) is 0 Å². The third kappa shape index (κ3) is 45.1. The molecule has 6 N–H and O–H groups in total. The Bertz CT molecular complexity index is 5390. The number of aromatic hydroxyl groups is 4. The number of phenolic OH excluding ortho intramolecular Hbond substituents is 3. The second-order valence-electron chi connectivity index (χ2n) is 24.7. The molecule has 0 spiro atoms. The molecule has 41 heteroatoms. The molecule has 3 heterocycles. The number of hydrogen-bond donors (Lipinski definition) is 6. The predicted octanol–water partition coefficient (Wildman–Crippen LogP) is 24.3. The molecular weight excluding hydrogens is 1920 g/mol. The van der Waals surface area contributed by atoms with Gasteiger partial charge in [-0.1, -0.05) is 132 Å². The molecule has 0 unspecified atom stereocenters. The van der Waals surface area contributed by atoms with E-state index in [1.54, 1.807) is 0 Å². The average Bonchev–Trinajstić information content (AvgIpc) is 1.61. The number of unbranched alkanes of at least 4 members (excludes halogenated alkanes) is 3. The molecule has 0 radical (unpaired) electrons. The Labute approximate surface area is 809 Å². The van der Waals surface area contributed by atoms with Crippen LogP contribution in [0, 0.1) is 0 Å². The number of carboxylic acid groups (broad SMARTS) is 2. The number of ether oxygens (including phenoxy) is 9. The molecule has 3 aliphatic heterocycles. The Balaban J connectivity index is -0.000000505. The van der Waals surface area contributed by atoms with Crippen molar-refractivity contribution in [3.8, 4) is 57.5 Å². The van der Waals surface area contributed by atoms with Gasteiger partial charge in [-0.15, -0.1) is 0 Å². The second-order valence-corrected chi connectivity index (χ2v) is 42.0. The van der Waals surface area contributed by atoms with Gasteiger partial charge in [0, 0.05) is 46.1 Å². The molecule has 11 rings (SSSR count). The Kier molecular flexibility index (Phi) is 61.4. The van der Waals surface area contributed by atoms with Gasteiger partial charge in [-0.3, -0.25) is 38.4 Å². The quantitative estimate of drug-likeness (QED) is 0.00569. The van der Waals surface area contributed by atoms with E-state index in [0.717, 1.165) is 44.4 Å². The van der Waals surface area contributed by atoms with Crippen molar-refractivity contribution in [2.75, 3.05) is 0 Å². The summed E-state index contributed by atoms with van der Waals surface area (Å²) < 4.78 is 39.5. The van der Waals surface area contributed by atoms with Crippen molar-refractivity contribution < 1.29 is 160 Å². The molecule has 0 fully saturated rings. The average molecular weight is 2030 g/mol. The number of phenols is 4. The van der Waals surface area contributed by atoms with Crippen molar-refractivity contribution in [3.05, 3.63) is 223 Å². The maximum Gasteiger partial charge on any atom is 0.346 e. The normalized spacial score (nSPS) is 10.9. The molecule has 134 heavy (non-hydrogen) atoms. The second kappa shape index (κ2) is 63.4. The van der Waals surface area contributed by atoms with Gasteiger partial charge < -0.3 is 73.3 Å². The smallest absolute Gasteiger partial charge is 0.346 e. The standard InChI is InChI=1S/C29H18O11.C11H9ClO5.C11H10O6.C11H14O3.C9H3ClO4.C7H6O4.C4H10.3C2H6.5CH4.Cl5P/c1-2-3-4-22(30)21-13-16(37-24(31)14-5-8-17-19(11-14)28(35)39-26(17)33)7-10-23(21)38-25(32)15-6-9-18-20(12-15)29(36)40-27(18)34;1-6(13)16-8-3-4-10(17-7(2)14)9(5-8)11(12)15;1-6(12)16-8-3-4-10(17-7(2)13)9(5-8)11(14)15;1-2-3-4-10(13)9-7-8(12)5-6-11(9)14;10-7(11)4-1-2-5-6(3-4)9(13)14-8(5)12;8-4-1-2-6(9)5(3-4)7(10)11;1-3-4-2;3*1-2;;;;;;1-6(2,3,4)5/h5-13H,2-4H2,1H3;3-5H,1-2H3;3-5H,1-2H3,(H,14,15);5-7,12,14H,2-4H2,1H3;1-3H;1-3,8-9H,(H,10,11);3-4H2,1-2H3;3*1-2H3;5*1H4;. The van der Waals surface area contributed by atoms with Gasteiger partial charge in [-0.25, -0.2) is 47.9 Å².